The van der Waals surface area contributed by atoms with Crippen LogP contribution in [0, 0.1) is 0 Å². The molecule has 0 aliphatic heterocycles. The monoisotopic (exact) mass is 285 g/mol. The van der Waals surface area contributed by atoms with Crippen LogP contribution in [-0.4, -0.2) is 18.2 Å². The average Bonchev–Trinajstić information content (AvgIpc) is 2.78. The van der Waals surface area contributed by atoms with Gasteiger partial charge in [0.1, 0.15) is 0 Å². The van der Waals surface area contributed by atoms with Crippen molar-refractivity contribution in [2.75, 3.05) is 13.2 Å². The topological polar surface area (TPSA) is 48.4 Å². The number of para-hydroxylation sites is 1. The minimum absolute atomic E-state index is 0.274. The van der Waals surface area contributed by atoms with Crippen LogP contribution in [0.25, 0.3) is 10.2 Å². The first-order chi connectivity index (χ1) is 8.68. The number of hydrogen-bond donors (Lipinski definition) is 0. The van der Waals surface area contributed by atoms with Crippen molar-refractivity contribution in [3.63, 3.8) is 0 Å². The Balaban J connectivity index is 2.31. The van der Waals surface area contributed by atoms with Gasteiger partial charge in [-0.1, -0.05) is 12.1 Å². The number of fused-ring (bicyclic) bond motifs is 1. The van der Waals surface area contributed by atoms with E-state index in [1.54, 1.807) is 16.8 Å². The second kappa shape index (κ2) is 5.93. The van der Waals surface area contributed by atoms with Crippen molar-refractivity contribution >= 4 is 29.1 Å². The summed E-state index contributed by atoms with van der Waals surface area (Å²) in [6, 6.07) is 5.87. The third-order valence-electron chi connectivity index (χ3n) is 2.46. The Morgan fingerprint density at radius 2 is 2.00 bits per heavy atom. The number of aromatic nitrogens is 1. The Labute approximate surface area is 110 Å². The van der Waals surface area contributed by atoms with E-state index in [1.165, 1.54) is 0 Å². The molecule has 0 saturated carbocycles. The molecule has 1 aromatic carbocycles. The summed E-state index contributed by atoms with van der Waals surface area (Å²) < 4.78 is 24.2. The lowest BCUT2D eigenvalue weighted by molar-refractivity contribution is 0.219. The zero-order valence-electron chi connectivity index (χ0n) is 10.5. The number of nitrogens with zero attached hydrogens (tertiary/aromatic N) is 1. The SMILES string of the molecule is CCOP(=O)(Cc1cccc2scnc12)OCC. The van der Waals surface area contributed by atoms with E-state index in [4.69, 9.17) is 9.05 Å². The van der Waals surface area contributed by atoms with Gasteiger partial charge in [0.15, 0.2) is 0 Å². The Morgan fingerprint density at radius 1 is 1.28 bits per heavy atom. The van der Waals surface area contributed by atoms with Gasteiger partial charge in [0.25, 0.3) is 0 Å². The Kier molecular flexibility index (Phi) is 4.51. The molecule has 2 rings (SSSR count). The van der Waals surface area contributed by atoms with Crippen molar-refractivity contribution in [1.29, 1.82) is 0 Å². The number of rotatable bonds is 6. The molecular weight excluding hydrogens is 269 g/mol. The first-order valence-electron chi connectivity index (χ1n) is 5.87. The second-order valence-corrected chi connectivity index (χ2v) is 6.66. The van der Waals surface area contributed by atoms with Crippen LogP contribution in [0.1, 0.15) is 19.4 Å². The Hall–Kier alpha value is -0.740. The van der Waals surface area contributed by atoms with Gasteiger partial charge in [-0.05, 0) is 25.5 Å². The molecule has 0 N–H and O–H groups in total. The molecule has 0 fully saturated rings. The molecule has 0 aliphatic carbocycles. The van der Waals surface area contributed by atoms with E-state index >= 15 is 0 Å². The molecule has 6 heteroatoms. The van der Waals surface area contributed by atoms with Crippen LogP contribution in [-0.2, 0) is 19.8 Å². The van der Waals surface area contributed by atoms with Crippen LogP contribution in [0.4, 0.5) is 0 Å². The molecule has 0 atom stereocenters. The van der Waals surface area contributed by atoms with Crippen molar-refractivity contribution in [3.05, 3.63) is 29.3 Å². The van der Waals surface area contributed by atoms with Gasteiger partial charge < -0.3 is 9.05 Å². The predicted molar refractivity (Wildman–Crippen MR) is 74.2 cm³/mol. The van der Waals surface area contributed by atoms with Gasteiger partial charge in [0.2, 0.25) is 0 Å². The number of hydrogen-bond acceptors (Lipinski definition) is 5. The standard InChI is InChI=1S/C12H16NO3PS/c1-3-15-17(14,16-4-2)8-10-6-5-7-11-12(10)13-9-18-11/h5-7,9H,3-4,8H2,1-2H3. The zero-order chi connectivity index (χ0) is 13.0. The van der Waals surface area contributed by atoms with Gasteiger partial charge in [0, 0.05) is 0 Å². The molecule has 2 aromatic rings. The molecular formula is C12H16NO3PS. The van der Waals surface area contributed by atoms with Crippen LogP contribution < -0.4 is 0 Å². The third kappa shape index (κ3) is 2.98. The summed E-state index contributed by atoms with van der Waals surface area (Å²) in [5.41, 5.74) is 3.60. The Bertz CT molecular complexity index is 559. The summed E-state index contributed by atoms with van der Waals surface area (Å²) in [6.07, 6.45) is 0.274. The van der Waals surface area contributed by atoms with E-state index < -0.39 is 7.60 Å². The van der Waals surface area contributed by atoms with Gasteiger partial charge in [-0.2, -0.15) is 0 Å². The van der Waals surface area contributed by atoms with Gasteiger partial charge in [-0.3, -0.25) is 4.57 Å². The maximum Gasteiger partial charge on any atom is 0.335 e. The van der Waals surface area contributed by atoms with Crippen LogP contribution in [0.15, 0.2) is 23.7 Å². The first kappa shape index (κ1) is 13.7. The lowest BCUT2D eigenvalue weighted by Crippen LogP contribution is -1.99. The highest BCUT2D eigenvalue weighted by Crippen LogP contribution is 2.51. The lowest BCUT2D eigenvalue weighted by atomic mass is 10.2. The van der Waals surface area contributed by atoms with Crippen molar-refractivity contribution in [1.82, 2.24) is 4.98 Å². The fraction of sp³-hybridized carbons (Fsp3) is 0.417. The van der Waals surface area contributed by atoms with E-state index in [1.807, 2.05) is 32.0 Å². The van der Waals surface area contributed by atoms with Crippen molar-refractivity contribution in [3.8, 4) is 0 Å². The average molecular weight is 285 g/mol. The zero-order valence-corrected chi connectivity index (χ0v) is 12.2. The van der Waals surface area contributed by atoms with Gasteiger partial charge in [0.05, 0.1) is 35.1 Å². The smallest absolute Gasteiger partial charge is 0.309 e. The predicted octanol–water partition coefficient (Wildman–Crippen LogP) is 4.06. The van der Waals surface area contributed by atoms with E-state index in [0.29, 0.717) is 13.2 Å². The van der Waals surface area contributed by atoms with E-state index in [9.17, 15) is 4.57 Å². The molecule has 0 aliphatic rings. The van der Waals surface area contributed by atoms with Gasteiger partial charge in [-0.15, -0.1) is 11.3 Å². The van der Waals surface area contributed by atoms with Crippen molar-refractivity contribution < 1.29 is 13.6 Å². The minimum Gasteiger partial charge on any atom is -0.309 e. The summed E-state index contributed by atoms with van der Waals surface area (Å²) in [6.45, 7) is 4.39. The fourth-order valence-corrected chi connectivity index (χ4v) is 4.24. The normalized spacial score (nSPS) is 12.1. The number of thiazole rings is 1. The molecule has 0 amide bonds. The third-order valence-corrected chi connectivity index (χ3v) is 5.28. The second-order valence-electron chi connectivity index (χ2n) is 3.72. The van der Waals surface area contributed by atoms with Gasteiger partial charge in [-0.25, -0.2) is 4.98 Å². The molecule has 1 heterocycles. The minimum atomic E-state index is -3.06. The maximum atomic E-state index is 12.5. The maximum absolute atomic E-state index is 12.5. The van der Waals surface area contributed by atoms with Crippen molar-refractivity contribution in [2.24, 2.45) is 0 Å². The largest absolute Gasteiger partial charge is 0.335 e. The highest BCUT2D eigenvalue weighted by atomic mass is 32.1. The van der Waals surface area contributed by atoms with E-state index in [-0.39, 0.29) is 6.16 Å². The summed E-state index contributed by atoms with van der Waals surface area (Å²) >= 11 is 1.57. The summed E-state index contributed by atoms with van der Waals surface area (Å²) in [4.78, 5) is 4.31. The van der Waals surface area contributed by atoms with Crippen LogP contribution >= 0.6 is 18.9 Å². The molecule has 18 heavy (non-hydrogen) atoms. The lowest BCUT2D eigenvalue weighted by Gasteiger charge is -2.17. The van der Waals surface area contributed by atoms with E-state index in [2.05, 4.69) is 4.98 Å². The molecule has 98 valence electrons. The molecule has 0 spiro atoms. The summed E-state index contributed by atoms with van der Waals surface area (Å²) in [5, 5.41) is 0. The van der Waals surface area contributed by atoms with E-state index in [0.717, 1.165) is 15.8 Å². The van der Waals surface area contributed by atoms with Gasteiger partial charge >= 0.3 is 7.60 Å². The molecule has 4 nitrogen and oxygen atoms in total. The molecule has 0 unspecified atom stereocenters. The van der Waals surface area contributed by atoms with Crippen molar-refractivity contribution in [2.45, 2.75) is 20.0 Å². The van der Waals surface area contributed by atoms with Crippen LogP contribution in [0.5, 0.6) is 0 Å². The molecule has 0 bridgehead atoms. The molecule has 0 saturated heterocycles. The summed E-state index contributed by atoms with van der Waals surface area (Å²) in [7, 11) is -3.06. The highest BCUT2D eigenvalue weighted by Gasteiger charge is 2.25. The summed E-state index contributed by atoms with van der Waals surface area (Å²) in [5.74, 6) is 0. The fourth-order valence-electron chi connectivity index (χ4n) is 1.80. The Morgan fingerprint density at radius 3 is 2.67 bits per heavy atom. The number of benzene rings is 1. The van der Waals surface area contributed by atoms with Crippen LogP contribution in [0.2, 0.25) is 0 Å². The van der Waals surface area contributed by atoms with Crippen LogP contribution in [0.3, 0.4) is 0 Å². The molecule has 1 aromatic heterocycles. The highest BCUT2D eigenvalue weighted by molar-refractivity contribution is 7.53. The quantitative estimate of drug-likeness (QED) is 0.751. The molecule has 0 radical (unpaired) electrons. The first-order valence-corrected chi connectivity index (χ1v) is 8.48.